The van der Waals surface area contributed by atoms with Gasteiger partial charge in [0.2, 0.25) is 5.96 Å². The highest BCUT2D eigenvalue weighted by atomic mass is 79.9. The third-order valence-corrected chi connectivity index (χ3v) is 4.77. The fraction of sp³-hybridized carbons (Fsp3) is 0.211. The van der Waals surface area contributed by atoms with Gasteiger partial charge in [-0.1, -0.05) is 15.9 Å². The monoisotopic (exact) mass is 484 g/mol. The van der Waals surface area contributed by atoms with Crippen molar-refractivity contribution in [2.24, 2.45) is 4.99 Å². The number of nitrogen functional groups attached to an aromatic ring is 2. The predicted molar refractivity (Wildman–Crippen MR) is 116 cm³/mol. The number of fused-ring (bicyclic) bond motifs is 1. The molecule has 1 aliphatic heterocycles. The molecule has 31 heavy (non-hydrogen) atoms. The minimum atomic E-state index is -0.818. The number of rotatable bonds is 5. The van der Waals surface area contributed by atoms with Crippen LogP contribution in [0.3, 0.4) is 0 Å². The van der Waals surface area contributed by atoms with Crippen molar-refractivity contribution in [1.82, 2.24) is 10.3 Å². The zero-order valence-corrected chi connectivity index (χ0v) is 17.9. The van der Waals surface area contributed by atoms with Crippen LogP contribution in [0.4, 0.5) is 17.3 Å². The number of aliphatic imine (C=N–C) groups is 1. The van der Waals surface area contributed by atoms with E-state index < -0.39 is 12.0 Å². The number of nitrogens with zero attached hydrogens (tertiary/aromatic N) is 4. The minimum absolute atomic E-state index is 0.0152. The lowest BCUT2D eigenvalue weighted by Crippen LogP contribution is -2.33. The number of aromatic nitrogens is 1. The van der Waals surface area contributed by atoms with Crippen LogP contribution in [0, 0.1) is 22.8 Å². The Morgan fingerprint density at radius 1 is 1.39 bits per heavy atom. The average Bonchev–Trinajstić information content (AvgIpc) is 2.73. The average molecular weight is 485 g/mol. The number of hydrogen-bond donors (Lipinski definition) is 4. The van der Waals surface area contributed by atoms with Crippen LogP contribution >= 0.6 is 15.9 Å². The van der Waals surface area contributed by atoms with Crippen molar-refractivity contribution in [3.8, 4) is 18.0 Å². The quantitative estimate of drug-likeness (QED) is 0.276. The molecule has 158 valence electrons. The van der Waals surface area contributed by atoms with Crippen molar-refractivity contribution in [2.45, 2.75) is 13.0 Å². The van der Waals surface area contributed by atoms with Crippen molar-refractivity contribution in [3.63, 3.8) is 0 Å². The number of anilines is 3. The first-order valence-corrected chi connectivity index (χ1v) is 9.75. The van der Waals surface area contributed by atoms with E-state index in [1.807, 2.05) is 6.07 Å². The van der Waals surface area contributed by atoms with E-state index in [0.717, 1.165) is 0 Å². The Morgan fingerprint density at radius 3 is 2.84 bits per heavy atom. The van der Waals surface area contributed by atoms with Crippen LogP contribution in [0.2, 0.25) is 0 Å². The molecule has 0 fully saturated rings. The molecule has 6 N–H and O–H groups in total. The number of guanidine groups is 1. The van der Waals surface area contributed by atoms with Crippen LogP contribution in [-0.2, 0) is 9.53 Å². The number of esters is 1. The van der Waals surface area contributed by atoms with Crippen molar-refractivity contribution in [1.29, 1.82) is 10.5 Å². The van der Waals surface area contributed by atoms with Crippen LogP contribution in [0.1, 0.15) is 29.7 Å². The molecule has 0 amide bonds. The number of nitriles is 2. The van der Waals surface area contributed by atoms with Crippen LogP contribution in [0.25, 0.3) is 0 Å². The third kappa shape index (κ3) is 4.44. The summed E-state index contributed by atoms with van der Waals surface area (Å²) in [4.78, 5) is 20.5. The molecule has 0 saturated heterocycles. The number of hydrogen-bond acceptors (Lipinski definition) is 11. The molecule has 1 unspecified atom stereocenters. The van der Waals surface area contributed by atoms with E-state index in [4.69, 9.17) is 26.2 Å². The zero-order chi connectivity index (χ0) is 22.5. The number of carbonyl (C=O) groups is 1. The van der Waals surface area contributed by atoms with E-state index in [0.29, 0.717) is 21.3 Å². The Morgan fingerprint density at radius 2 is 2.16 bits per heavy atom. The number of ether oxygens (including phenoxy) is 2. The standard InChI is InChI=1S/C19H17BrN8O3/c1-2-30-13(29)7-31-12-4-3-9(20)5-10(12)16-14-15(23)11(6-21)17(24)27-18(14)28-19(26-16)25-8-22/h3-5,16H,2,7H2,1H3,(H6,23,24,25,26,27,28). The summed E-state index contributed by atoms with van der Waals surface area (Å²) >= 11 is 3.41. The van der Waals surface area contributed by atoms with Gasteiger partial charge in [0, 0.05) is 15.6 Å². The predicted octanol–water partition coefficient (Wildman–Crippen LogP) is 1.76. The fourth-order valence-corrected chi connectivity index (χ4v) is 3.39. The fourth-order valence-electron chi connectivity index (χ4n) is 3.01. The first-order chi connectivity index (χ1) is 14.9. The number of halogens is 1. The maximum Gasteiger partial charge on any atom is 0.344 e. The molecule has 1 atom stereocenters. The smallest absolute Gasteiger partial charge is 0.344 e. The Balaban J connectivity index is 2.16. The van der Waals surface area contributed by atoms with Gasteiger partial charge in [-0.2, -0.15) is 10.5 Å². The van der Waals surface area contributed by atoms with Gasteiger partial charge in [-0.25, -0.2) is 14.8 Å². The van der Waals surface area contributed by atoms with Gasteiger partial charge in [-0.15, -0.1) is 0 Å². The van der Waals surface area contributed by atoms with Gasteiger partial charge in [-0.3, -0.25) is 5.32 Å². The van der Waals surface area contributed by atoms with Crippen LogP contribution in [0.15, 0.2) is 27.7 Å². The topological polar surface area (TPSA) is 184 Å². The van der Waals surface area contributed by atoms with Crippen LogP contribution < -0.4 is 26.8 Å². The molecule has 2 heterocycles. The molecule has 1 aromatic carbocycles. The summed E-state index contributed by atoms with van der Waals surface area (Å²) in [5, 5.41) is 23.7. The summed E-state index contributed by atoms with van der Waals surface area (Å²) in [6.07, 6.45) is 1.78. The number of carbonyl (C=O) groups excluding carboxylic acids is 1. The molecule has 0 spiro atoms. The molecule has 2 aromatic rings. The number of pyridine rings is 1. The molecule has 1 aromatic heterocycles. The first kappa shape index (κ1) is 21.7. The maximum atomic E-state index is 11.8. The molecule has 0 bridgehead atoms. The second-order valence-electron chi connectivity index (χ2n) is 6.18. The van der Waals surface area contributed by atoms with Crippen LogP contribution in [-0.4, -0.2) is 30.1 Å². The molecule has 0 aliphatic carbocycles. The van der Waals surface area contributed by atoms with E-state index in [1.54, 1.807) is 31.3 Å². The van der Waals surface area contributed by atoms with E-state index in [2.05, 4.69) is 36.5 Å². The number of benzene rings is 1. The van der Waals surface area contributed by atoms with Gasteiger partial charge in [-0.05, 0) is 25.1 Å². The molecule has 0 saturated carbocycles. The highest BCUT2D eigenvalue weighted by Crippen LogP contribution is 2.43. The van der Waals surface area contributed by atoms with E-state index >= 15 is 0 Å². The zero-order valence-electron chi connectivity index (χ0n) is 16.3. The van der Waals surface area contributed by atoms with Gasteiger partial charge in [0.05, 0.1) is 12.3 Å². The summed E-state index contributed by atoms with van der Waals surface area (Å²) in [6, 6.07) is 6.24. The summed E-state index contributed by atoms with van der Waals surface area (Å²) < 4.78 is 11.3. The summed E-state index contributed by atoms with van der Waals surface area (Å²) in [5.74, 6) is 0.0914. The maximum absolute atomic E-state index is 11.8. The van der Waals surface area contributed by atoms with E-state index in [1.165, 1.54) is 0 Å². The van der Waals surface area contributed by atoms with E-state index in [9.17, 15) is 10.1 Å². The molecular formula is C19H17BrN8O3. The summed E-state index contributed by atoms with van der Waals surface area (Å²) in [7, 11) is 0. The van der Waals surface area contributed by atoms with Gasteiger partial charge in [0.1, 0.15) is 35.1 Å². The Bertz CT molecular complexity index is 1150. The van der Waals surface area contributed by atoms with Gasteiger partial charge < -0.3 is 26.3 Å². The Kier molecular flexibility index (Phi) is 6.43. The second-order valence-corrected chi connectivity index (χ2v) is 7.09. The van der Waals surface area contributed by atoms with Crippen LogP contribution in [0.5, 0.6) is 5.75 Å². The Hall–Kier alpha value is -4.03. The highest BCUT2D eigenvalue weighted by Gasteiger charge is 2.31. The Labute approximate surface area is 185 Å². The molecule has 3 rings (SSSR count). The van der Waals surface area contributed by atoms with Crippen molar-refractivity contribution in [2.75, 3.05) is 30.0 Å². The molecule has 0 radical (unpaired) electrons. The summed E-state index contributed by atoms with van der Waals surface area (Å²) in [6.45, 7) is 1.61. The SMILES string of the molecule is CCOC(=O)COc1ccc(Br)cc1C1N=C(NC#N)Nc2nc(N)c(C#N)c(N)c21. The molecule has 11 nitrogen and oxygen atoms in total. The lowest BCUT2D eigenvalue weighted by Gasteiger charge is -2.27. The number of nitrogens with one attached hydrogen (secondary N) is 2. The number of nitrogens with two attached hydrogens (primary N) is 2. The molecule has 1 aliphatic rings. The lowest BCUT2D eigenvalue weighted by molar-refractivity contribution is -0.145. The molecule has 12 heteroatoms. The van der Waals surface area contributed by atoms with Crippen molar-refractivity contribution >= 4 is 45.2 Å². The molecular weight excluding hydrogens is 468 g/mol. The third-order valence-electron chi connectivity index (χ3n) is 4.27. The first-order valence-electron chi connectivity index (χ1n) is 8.96. The van der Waals surface area contributed by atoms with E-state index in [-0.39, 0.29) is 42.1 Å². The van der Waals surface area contributed by atoms with Crippen molar-refractivity contribution < 1.29 is 14.3 Å². The van der Waals surface area contributed by atoms with Gasteiger partial charge >= 0.3 is 5.97 Å². The largest absolute Gasteiger partial charge is 0.482 e. The minimum Gasteiger partial charge on any atom is -0.482 e. The van der Waals surface area contributed by atoms with Gasteiger partial charge in [0.15, 0.2) is 12.8 Å². The summed E-state index contributed by atoms with van der Waals surface area (Å²) in [5.41, 5.74) is 13.1. The lowest BCUT2D eigenvalue weighted by atomic mass is 9.94. The second kappa shape index (κ2) is 9.19. The van der Waals surface area contributed by atoms with Crippen molar-refractivity contribution in [3.05, 3.63) is 39.4 Å². The normalized spacial score (nSPS) is 14.2. The highest BCUT2D eigenvalue weighted by molar-refractivity contribution is 9.10. The van der Waals surface area contributed by atoms with Gasteiger partial charge in [0.25, 0.3) is 0 Å².